The molecule has 5 aliphatic rings. The number of aryl methyl sites for hydroxylation is 1. The third kappa shape index (κ3) is 8.21. The lowest BCUT2D eigenvalue weighted by molar-refractivity contribution is -0.0613. The van der Waals surface area contributed by atoms with Crippen LogP contribution in [0.5, 0.6) is 0 Å². The van der Waals surface area contributed by atoms with Gasteiger partial charge in [-0.3, -0.25) is 23.4 Å². The molecule has 2 N–H and O–H groups in total. The molecular weight excluding hydrogens is 655 g/mol. The molecule has 0 amide bonds. The van der Waals surface area contributed by atoms with Crippen LogP contribution in [0.15, 0.2) is 39.6 Å². The molecule has 3 fully saturated rings. The van der Waals surface area contributed by atoms with E-state index in [4.69, 9.17) is 18.5 Å². The van der Waals surface area contributed by atoms with Crippen molar-refractivity contribution in [3.05, 3.63) is 56.4 Å². The Morgan fingerprint density at radius 2 is 1.80 bits per heavy atom. The Hall–Kier alpha value is -1.81. The van der Waals surface area contributed by atoms with Gasteiger partial charge in [-0.15, -0.1) is 0 Å². The van der Waals surface area contributed by atoms with Crippen LogP contribution in [0.1, 0.15) is 129 Å². The van der Waals surface area contributed by atoms with Crippen molar-refractivity contribution in [1.82, 2.24) is 9.55 Å². The standard InChI is InChI=1S/C39H61N2O8P/c1-5-6-7-8-9-10-11-28-13-16-33-32-15-12-29-24-30(18-20-39(29,4)34(32)19-21-38(28,33)3)46-22-23-47-50(44,45)48-26-31-14-17-35(49-31)41-25-27(2)36(42)40-37(41)43/h12,14,17,25,28,30-35H,5-11,13,15-16,18-24,26H2,1-4H3,(H,44,45)(H,40,42,43)/t28?,30-,31-,32?,33?,34?,35+,38?,39?/m0/s1. The van der Waals surface area contributed by atoms with E-state index >= 15 is 0 Å². The molecular formula is C39H61N2O8P. The van der Waals surface area contributed by atoms with Gasteiger partial charge in [0.2, 0.25) is 0 Å². The van der Waals surface area contributed by atoms with Crippen LogP contribution < -0.4 is 11.2 Å². The number of phosphoric ester groups is 1. The number of ether oxygens (including phenoxy) is 2. The Balaban J connectivity index is 0.922. The molecule has 10 nitrogen and oxygen atoms in total. The molecule has 1 aliphatic heterocycles. The van der Waals surface area contributed by atoms with Crippen LogP contribution in [0.25, 0.3) is 0 Å². The van der Waals surface area contributed by atoms with E-state index in [1.807, 2.05) is 0 Å². The SMILES string of the molecule is CCCCCCCCC1CCC2C3CC=C4C[C@@H](OCCOP(=O)(O)OC[C@@H]5C=C[C@H](n6cc(C)c(=O)[nH]c6=O)O5)CCC4(C)C3CCC12C. The Bertz CT molecular complexity index is 1550. The molecule has 4 aliphatic carbocycles. The van der Waals surface area contributed by atoms with Crippen molar-refractivity contribution >= 4 is 7.82 Å². The Morgan fingerprint density at radius 1 is 1.00 bits per heavy atom. The van der Waals surface area contributed by atoms with Crippen LogP contribution in [-0.4, -0.2) is 46.5 Å². The highest BCUT2D eigenvalue weighted by atomic mass is 31.2. The minimum atomic E-state index is -4.33. The second kappa shape index (κ2) is 16.1. The molecule has 1 aromatic heterocycles. The summed E-state index contributed by atoms with van der Waals surface area (Å²) in [7, 11) is -4.33. The number of phosphoric acid groups is 1. The number of rotatable bonds is 16. The normalized spacial score (nSPS) is 36.0. The Morgan fingerprint density at radius 3 is 2.62 bits per heavy atom. The second-order valence-corrected chi connectivity index (χ2v) is 17.8. The van der Waals surface area contributed by atoms with Gasteiger partial charge < -0.3 is 14.4 Å². The number of hydrogen-bond donors (Lipinski definition) is 2. The van der Waals surface area contributed by atoms with Crippen LogP contribution in [0.4, 0.5) is 0 Å². The molecule has 0 bridgehead atoms. The van der Waals surface area contributed by atoms with Crippen molar-refractivity contribution in [3.8, 4) is 0 Å². The highest BCUT2D eigenvalue weighted by Gasteiger charge is 2.58. The van der Waals surface area contributed by atoms with E-state index in [1.165, 1.54) is 87.8 Å². The maximum absolute atomic E-state index is 12.6. The number of hydrogen-bond acceptors (Lipinski definition) is 7. The van der Waals surface area contributed by atoms with E-state index < -0.39 is 31.4 Å². The third-order valence-corrected chi connectivity index (χ3v) is 14.5. The van der Waals surface area contributed by atoms with Gasteiger partial charge in [0.05, 0.1) is 25.9 Å². The van der Waals surface area contributed by atoms with Gasteiger partial charge in [-0.05, 0) is 105 Å². The maximum atomic E-state index is 12.6. The summed E-state index contributed by atoms with van der Waals surface area (Å²) in [6.45, 7) is 9.01. The summed E-state index contributed by atoms with van der Waals surface area (Å²) in [6.07, 6.45) is 25.6. The van der Waals surface area contributed by atoms with E-state index in [-0.39, 0.29) is 31.3 Å². The molecule has 280 valence electrons. The molecule has 11 heteroatoms. The highest BCUT2D eigenvalue weighted by molar-refractivity contribution is 7.47. The summed E-state index contributed by atoms with van der Waals surface area (Å²) in [6, 6.07) is 0. The third-order valence-electron chi connectivity index (χ3n) is 13.5. The first-order valence-electron chi connectivity index (χ1n) is 19.5. The first kappa shape index (κ1) is 37.9. The van der Waals surface area contributed by atoms with Crippen molar-refractivity contribution in [1.29, 1.82) is 0 Å². The molecule has 10 atom stereocenters. The highest BCUT2D eigenvalue weighted by Crippen LogP contribution is 2.67. The number of unbranched alkanes of at least 4 members (excludes halogenated alkanes) is 5. The summed E-state index contributed by atoms with van der Waals surface area (Å²) >= 11 is 0. The number of nitrogens with zero attached hydrogens (tertiary/aromatic N) is 1. The molecule has 2 heterocycles. The fourth-order valence-corrected chi connectivity index (χ4v) is 11.3. The first-order valence-corrected chi connectivity index (χ1v) is 21.0. The van der Waals surface area contributed by atoms with Crippen LogP contribution in [0.2, 0.25) is 0 Å². The van der Waals surface area contributed by atoms with E-state index in [0.29, 0.717) is 11.0 Å². The van der Waals surface area contributed by atoms with Crippen molar-refractivity contribution in [3.63, 3.8) is 0 Å². The molecule has 6 rings (SSSR count). The van der Waals surface area contributed by atoms with E-state index in [0.717, 1.165) is 42.9 Å². The summed E-state index contributed by atoms with van der Waals surface area (Å²) in [4.78, 5) is 36.3. The van der Waals surface area contributed by atoms with Gasteiger partial charge in [-0.25, -0.2) is 9.36 Å². The molecule has 0 saturated heterocycles. The lowest BCUT2D eigenvalue weighted by Crippen LogP contribution is -2.50. The fourth-order valence-electron chi connectivity index (χ4n) is 10.6. The van der Waals surface area contributed by atoms with Gasteiger partial charge >= 0.3 is 13.5 Å². The predicted octanol–water partition coefficient (Wildman–Crippen LogP) is 8.15. The van der Waals surface area contributed by atoms with Gasteiger partial charge in [0.15, 0.2) is 6.23 Å². The number of H-pyrrole nitrogens is 1. The number of nitrogens with one attached hydrogen (secondary N) is 1. The van der Waals surface area contributed by atoms with Crippen LogP contribution in [0, 0.1) is 41.4 Å². The number of aromatic nitrogens is 2. The van der Waals surface area contributed by atoms with Gasteiger partial charge in [-0.1, -0.05) is 77.0 Å². The molecule has 50 heavy (non-hydrogen) atoms. The molecule has 0 aromatic carbocycles. The number of aromatic amines is 1. The van der Waals surface area contributed by atoms with Crippen LogP contribution in [-0.2, 0) is 23.1 Å². The van der Waals surface area contributed by atoms with Crippen molar-refractivity contribution < 1.29 is 28.0 Å². The second-order valence-electron chi connectivity index (χ2n) is 16.4. The lowest BCUT2D eigenvalue weighted by atomic mass is 9.47. The predicted molar refractivity (Wildman–Crippen MR) is 194 cm³/mol. The topological polar surface area (TPSA) is 129 Å². The monoisotopic (exact) mass is 716 g/mol. The zero-order valence-electron chi connectivity index (χ0n) is 30.8. The van der Waals surface area contributed by atoms with Crippen molar-refractivity contribution in [2.24, 2.45) is 34.5 Å². The van der Waals surface area contributed by atoms with E-state index in [2.05, 4.69) is 31.8 Å². The van der Waals surface area contributed by atoms with Gasteiger partial charge in [0, 0.05) is 11.8 Å². The van der Waals surface area contributed by atoms with Gasteiger partial charge in [0.25, 0.3) is 5.56 Å². The molecule has 1 aromatic rings. The van der Waals surface area contributed by atoms with E-state index in [9.17, 15) is 19.0 Å². The summed E-state index contributed by atoms with van der Waals surface area (Å²) in [5, 5.41) is 0. The van der Waals surface area contributed by atoms with E-state index in [1.54, 1.807) is 24.6 Å². The van der Waals surface area contributed by atoms with Crippen molar-refractivity contribution in [2.75, 3.05) is 19.8 Å². The summed E-state index contributed by atoms with van der Waals surface area (Å²) < 4.78 is 36.2. The minimum Gasteiger partial charge on any atom is -0.375 e. The average molecular weight is 717 g/mol. The van der Waals surface area contributed by atoms with Crippen molar-refractivity contribution in [2.45, 2.75) is 142 Å². The van der Waals surface area contributed by atoms with Crippen LogP contribution >= 0.6 is 7.82 Å². The van der Waals surface area contributed by atoms with Crippen LogP contribution in [0.3, 0.4) is 0 Å². The Labute approximate surface area is 298 Å². The zero-order chi connectivity index (χ0) is 35.5. The quantitative estimate of drug-likeness (QED) is 0.0997. The molecule has 7 unspecified atom stereocenters. The summed E-state index contributed by atoms with van der Waals surface area (Å²) in [5.74, 6) is 3.36. The maximum Gasteiger partial charge on any atom is 0.472 e. The largest absolute Gasteiger partial charge is 0.472 e. The first-order chi connectivity index (χ1) is 23.9. The molecule has 0 radical (unpaired) electrons. The lowest BCUT2D eigenvalue weighted by Gasteiger charge is -2.58. The Kier molecular flexibility index (Phi) is 12.2. The zero-order valence-corrected chi connectivity index (χ0v) is 31.7. The number of fused-ring (bicyclic) bond motifs is 5. The van der Waals surface area contributed by atoms with Gasteiger partial charge in [-0.2, -0.15) is 0 Å². The average Bonchev–Trinajstić information content (AvgIpc) is 3.70. The molecule has 0 spiro atoms. The smallest absolute Gasteiger partial charge is 0.375 e. The number of allylic oxidation sites excluding steroid dienone is 1. The molecule has 3 saturated carbocycles. The van der Waals surface area contributed by atoms with Gasteiger partial charge in [0.1, 0.15) is 6.10 Å². The fraction of sp³-hybridized carbons (Fsp3) is 0.795. The summed E-state index contributed by atoms with van der Waals surface area (Å²) in [5.41, 5.74) is 1.67. The minimum absolute atomic E-state index is 0.0541.